The van der Waals surface area contributed by atoms with Gasteiger partial charge in [0.25, 0.3) is 0 Å². The van der Waals surface area contributed by atoms with Crippen LogP contribution in [0.15, 0.2) is 6.33 Å². The summed E-state index contributed by atoms with van der Waals surface area (Å²) in [5.74, 6) is 2.32. The van der Waals surface area contributed by atoms with E-state index in [0.29, 0.717) is 18.3 Å². The van der Waals surface area contributed by atoms with E-state index in [9.17, 15) is 5.11 Å². The van der Waals surface area contributed by atoms with E-state index in [1.54, 1.807) is 14.2 Å². The summed E-state index contributed by atoms with van der Waals surface area (Å²) in [5.41, 5.74) is 6.49. The van der Waals surface area contributed by atoms with Crippen LogP contribution in [0.25, 0.3) is 0 Å². The molecule has 0 saturated heterocycles. The van der Waals surface area contributed by atoms with Gasteiger partial charge in [0.2, 0.25) is 0 Å². The summed E-state index contributed by atoms with van der Waals surface area (Å²) in [4.78, 5) is 18.8. The molecule has 1 atom stereocenters. The number of ether oxygens (including phenoxy) is 1. The van der Waals surface area contributed by atoms with Crippen LogP contribution in [0.2, 0.25) is 0 Å². The molecule has 1 aliphatic rings. The Balaban J connectivity index is -0.000000579. The van der Waals surface area contributed by atoms with Gasteiger partial charge in [0, 0.05) is 14.2 Å². The molecule has 4 N–H and O–H groups in total. The highest BCUT2D eigenvalue weighted by atomic mass is 32.2. The van der Waals surface area contributed by atoms with Crippen molar-refractivity contribution in [3.05, 3.63) is 6.33 Å². The highest BCUT2D eigenvalue weighted by Gasteiger charge is 2.27. The third-order valence-corrected chi connectivity index (χ3v) is 3.92. The lowest BCUT2D eigenvalue weighted by atomic mass is 10.2. The second kappa shape index (κ2) is 24.5. The van der Waals surface area contributed by atoms with Crippen molar-refractivity contribution in [2.75, 3.05) is 48.8 Å². The number of nitrogens with one attached hydrogen (secondary N) is 1. The molecule has 0 bridgehead atoms. The monoisotopic (exact) mass is 433 g/mol. The van der Waals surface area contributed by atoms with Gasteiger partial charge in [0.05, 0.1) is 6.67 Å². The molecule has 0 aromatic carbocycles. The van der Waals surface area contributed by atoms with Crippen LogP contribution in [0, 0.1) is 0 Å². The van der Waals surface area contributed by atoms with Crippen LogP contribution in [0.4, 0.5) is 17.3 Å². The van der Waals surface area contributed by atoms with Crippen molar-refractivity contribution in [1.82, 2.24) is 9.97 Å². The van der Waals surface area contributed by atoms with Gasteiger partial charge in [-0.1, -0.05) is 34.1 Å². The Hall–Kier alpha value is -1.58. The molecule has 29 heavy (non-hydrogen) atoms. The number of aldehydes is 1. The molecule has 0 radical (unpaired) electrons. The van der Waals surface area contributed by atoms with Crippen molar-refractivity contribution >= 4 is 35.4 Å². The van der Waals surface area contributed by atoms with Gasteiger partial charge >= 0.3 is 0 Å². The van der Waals surface area contributed by atoms with Crippen molar-refractivity contribution in [2.24, 2.45) is 0 Å². The number of nitrogen functional groups attached to an aromatic ring is 1. The van der Waals surface area contributed by atoms with E-state index in [0.717, 1.165) is 31.2 Å². The molecule has 1 aromatic heterocycles. The fraction of sp³-hybridized carbons (Fsp3) is 0.750. The standard InChI is InChI=1S/C12H21N5OS.C2H6O.C2H4O.2C2H6/c1-19-6-4-2-3-5-9(18)17-8-16-10-11(13)14-7-15-12(10)17;1-3-2;1-2-3;2*1-2/h7,9,16,18H,2-6,8H2,1H3,(H2,13,14,15);1-2H3;2H,1H3;2*1-2H3. The van der Waals surface area contributed by atoms with Gasteiger partial charge in [-0.3, -0.25) is 0 Å². The largest absolute Gasteiger partial charge is 0.388 e. The van der Waals surface area contributed by atoms with Gasteiger partial charge < -0.3 is 30.6 Å². The van der Waals surface area contributed by atoms with Crippen molar-refractivity contribution in [1.29, 1.82) is 0 Å². The summed E-state index contributed by atoms with van der Waals surface area (Å²) in [6.45, 7) is 9.98. The fourth-order valence-electron chi connectivity index (χ4n) is 2.17. The highest BCUT2D eigenvalue weighted by Crippen LogP contribution is 2.33. The Kier molecular flexibility index (Phi) is 27.1. The number of aliphatic hydroxyl groups is 1. The molecule has 0 amide bonds. The number of aliphatic hydroxyl groups excluding tert-OH is 1. The van der Waals surface area contributed by atoms with Gasteiger partial charge in [-0.25, -0.2) is 9.97 Å². The summed E-state index contributed by atoms with van der Waals surface area (Å²) in [5, 5.41) is 13.3. The molecule has 0 fully saturated rings. The molecule has 1 unspecified atom stereocenters. The molecule has 9 heteroatoms. The van der Waals surface area contributed by atoms with Crippen molar-refractivity contribution in [2.45, 2.75) is 66.5 Å². The molecule has 0 aliphatic carbocycles. The zero-order chi connectivity index (χ0) is 23.1. The van der Waals surface area contributed by atoms with E-state index in [1.165, 1.54) is 25.4 Å². The van der Waals surface area contributed by atoms with Crippen LogP contribution >= 0.6 is 11.8 Å². The predicted octanol–water partition coefficient (Wildman–Crippen LogP) is 4.01. The summed E-state index contributed by atoms with van der Waals surface area (Å²) in [6.07, 6.45) is 7.91. The van der Waals surface area contributed by atoms with E-state index in [4.69, 9.17) is 10.5 Å². The van der Waals surface area contributed by atoms with Crippen LogP contribution in [-0.4, -0.2) is 60.5 Å². The molecule has 0 spiro atoms. The third kappa shape index (κ3) is 15.0. The summed E-state index contributed by atoms with van der Waals surface area (Å²) in [7, 11) is 3.25. The van der Waals surface area contributed by atoms with E-state index < -0.39 is 6.23 Å². The molecule has 2 heterocycles. The predicted molar refractivity (Wildman–Crippen MR) is 128 cm³/mol. The van der Waals surface area contributed by atoms with E-state index in [1.807, 2.05) is 44.4 Å². The van der Waals surface area contributed by atoms with Crippen LogP contribution in [-0.2, 0) is 9.53 Å². The third-order valence-electron chi connectivity index (χ3n) is 3.23. The number of hydrogen-bond donors (Lipinski definition) is 3. The number of nitrogens with two attached hydrogens (primary N) is 1. The lowest BCUT2D eigenvalue weighted by Crippen LogP contribution is -2.35. The smallest absolute Gasteiger partial charge is 0.161 e. The van der Waals surface area contributed by atoms with E-state index >= 15 is 0 Å². The number of carbonyl (C=O) groups excluding carboxylic acids is 1. The quantitative estimate of drug-likeness (QED) is 0.433. The van der Waals surface area contributed by atoms with Gasteiger partial charge in [-0.2, -0.15) is 11.8 Å². The molecule has 172 valence electrons. The first-order valence-corrected chi connectivity index (χ1v) is 11.5. The van der Waals surface area contributed by atoms with E-state index in [2.05, 4.69) is 26.3 Å². The summed E-state index contributed by atoms with van der Waals surface area (Å²) in [6, 6.07) is 0. The average Bonchev–Trinajstić information content (AvgIpc) is 3.18. The molecular weight excluding hydrogens is 390 g/mol. The maximum Gasteiger partial charge on any atom is 0.161 e. The zero-order valence-electron chi connectivity index (χ0n) is 19.6. The first-order valence-electron chi connectivity index (χ1n) is 10.1. The lowest BCUT2D eigenvalue weighted by molar-refractivity contribution is -0.106. The topological polar surface area (TPSA) is 114 Å². The number of anilines is 3. The average molecular weight is 434 g/mol. The Bertz CT molecular complexity index is 481. The summed E-state index contributed by atoms with van der Waals surface area (Å²) >= 11 is 1.86. The van der Waals surface area contributed by atoms with Crippen LogP contribution in [0.1, 0.15) is 60.3 Å². The van der Waals surface area contributed by atoms with Crippen LogP contribution in [0.3, 0.4) is 0 Å². The number of aromatic nitrogens is 2. The Labute approximate surface area is 182 Å². The molecular formula is C20H43N5O3S. The van der Waals surface area contributed by atoms with Crippen molar-refractivity contribution < 1.29 is 14.6 Å². The highest BCUT2D eigenvalue weighted by molar-refractivity contribution is 7.98. The number of rotatable bonds is 7. The number of fused-ring (bicyclic) bond motifs is 1. The molecule has 2 rings (SSSR count). The van der Waals surface area contributed by atoms with Crippen molar-refractivity contribution in [3.63, 3.8) is 0 Å². The minimum Gasteiger partial charge on any atom is -0.388 e. The fourth-order valence-corrected chi connectivity index (χ4v) is 2.66. The molecule has 1 aliphatic heterocycles. The Morgan fingerprint density at radius 3 is 2.34 bits per heavy atom. The van der Waals surface area contributed by atoms with Gasteiger partial charge in [0.15, 0.2) is 11.6 Å². The summed E-state index contributed by atoms with van der Waals surface area (Å²) < 4.78 is 4.25. The number of nitrogens with zero attached hydrogens (tertiary/aromatic N) is 3. The van der Waals surface area contributed by atoms with Crippen LogP contribution < -0.4 is 16.0 Å². The minimum atomic E-state index is -0.516. The van der Waals surface area contributed by atoms with Gasteiger partial charge in [0.1, 0.15) is 24.5 Å². The van der Waals surface area contributed by atoms with Crippen molar-refractivity contribution in [3.8, 4) is 0 Å². The maximum atomic E-state index is 10.2. The first-order chi connectivity index (χ1) is 14.1. The van der Waals surface area contributed by atoms with Gasteiger partial charge in [-0.05, 0) is 38.2 Å². The Morgan fingerprint density at radius 1 is 1.28 bits per heavy atom. The molecule has 0 saturated carbocycles. The number of thioether (sulfide) groups is 1. The number of hydrogen-bond acceptors (Lipinski definition) is 9. The van der Waals surface area contributed by atoms with Gasteiger partial charge in [-0.15, -0.1) is 0 Å². The second-order valence-electron chi connectivity index (χ2n) is 5.23. The second-order valence-corrected chi connectivity index (χ2v) is 6.21. The van der Waals surface area contributed by atoms with E-state index in [-0.39, 0.29) is 0 Å². The minimum absolute atomic E-state index is 0.430. The first kappa shape index (κ1) is 32.1. The maximum absolute atomic E-state index is 10.2. The van der Waals surface area contributed by atoms with Crippen LogP contribution in [0.5, 0.6) is 0 Å². The molecule has 8 nitrogen and oxygen atoms in total. The number of methoxy groups -OCH3 is 1. The normalized spacial score (nSPS) is 11.4. The lowest BCUT2D eigenvalue weighted by Gasteiger charge is -2.23. The SMILES string of the molecule is CC.CC.CC=O.COC.CSCCCCCC(O)N1CNc2c(N)ncnc21. The number of carbonyl (C=O) groups is 1. The zero-order valence-corrected chi connectivity index (χ0v) is 20.4. The number of unbranched alkanes of at least 4 members (excludes halogenated alkanes) is 2. The Morgan fingerprint density at radius 2 is 1.83 bits per heavy atom. The molecule has 1 aromatic rings.